The summed E-state index contributed by atoms with van der Waals surface area (Å²) in [6.07, 6.45) is 1.51. The zero-order chi connectivity index (χ0) is 11.2. The van der Waals surface area contributed by atoms with Crippen LogP contribution in [0.1, 0.15) is 26.7 Å². The minimum atomic E-state index is -3.64. The molecule has 6 heteroatoms. The molecule has 4 nitrogen and oxygen atoms in total. The molecule has 0 saturated carbocycles. The minimum Gasteiger partial charge on any atom is -0.383 e. The number of methoxy groups -OCH3 is 1. The molecule has 0 fully saturated rings. The molecule has 0 aliphatic carbocycles. The van der Waals surface area contributed by atoms with E-state index in [1.54, 1.807) is 0 Å². The number of ether oxygens (including phenoxy) is 1. The summed E-state index contributed by atoms with van der Waals surface area (Å²) < 4.78 is 28.6. The van der Waals surface area contributed by atoms with Gasteiger partial charge in [0.2, 0.25) is 0 Å². The maximum Gasteiger partial charge on any atom is 0.300 e. The fraction of sp³-hybridized carbons (Fsp3) is 1.00. The van der Waals surface area contributed by atoms with E-state index in [-0.39, 0.29) is 6.04 Å². The molecule has 0 atom stereocenters. The molecule has 0 rings (SSSR count). The van der Waals surface area contributed by atoms with E-state index in [4.69, 9.17) is 15.4 Å². The zero-order valence-corrected chi connectivity index (χ0v) is 10.4. The van der Waals surface area contributed by atoms with Crippen LogP contribution in [0.25, 0.3) is 0 Å². The second-order valence-electron chi connectivity index (χ2n) is 3.02. The topological polar surface area (TPSA) is 46.6 Å². The van der Waals surface area contributed by atoms with E-state index in [0.29, 0.717) is 13.2 Å². The maximum atomic E-state index is 11.2. The molecule has 14 heavy (non-hydrogen) atoms. The van der Waals surface area contributed by atoms with Gasteiger partial charge < -0.3 is 4.74 Å². The summed E-state index contributed by atoms with van der Waals surface area (Å²) in [6, 6.07) is -0.0346. The molecule has 0 N–H and O–H groups in total. The average Bonchev–Trinajstić information content (AvgIpc) is 2.10. The number of halogens is 1. The van der Waals surface area contributed by atoms with Gasteiger partial charge in [0.1, 0.15) is 0 Å². The number of nitrogens with zero attached hydrogens (tertiary/aromatic N) is 1. The Labute approximate surface area is 90.7 Å². The van der Waals surface area contributed by atoms with Crippen LogP contribution in [0.5, 0.6) is 0 Å². The van der Waals surface area contributed by atoms with Crippen LogP contribution in [0.3, 0.4) is 0 Å². The Morgan fingerprint density at radius 1 is 1.36 bits per heavy atom. The smallest absolute Gasteiger partial charge is 0.300 e. The van der Waals surface area contributed by atoms with Crippen molar-refractivity contribution in [2.24, 2.45) is 0 Å². The van der Waals surface area contributed by atoms with Gasteiger partial charge >= 0.3 is 0 Å². The summed E-state index contributed by atoms with van der Waals surface area (Å²) in [7, 11) is 3.23. The number of hydrogen-bond donors (Lipinski definition) is 0. The van der Waals surface area contributed by atoms with E-state index in [2.05, 4.69) is 0 Å². The third kappa shape index (κ3) is 4.59. The van der Waals surface area contributed by atoms with E-state index in [1.165, 1.54) is 11.4 Å². The summed E-state index contributed by atoms with van der Waals surface area (Å²) in [5, 5.41) is 0. The van der Waals surface area contributed by atoms with Gasteiger partial charge in [0.15, 0.2) is 0 Å². The SMILES string of the molecule is CCC(CC)N(CCOC)S(=O)(=O)Cl. The van der Waals surface area contributed by atoms with E-state index in [0.717, 1.165) is 12.8 Å². The molecule has 0 radical (unpaired) electrons. The Morgan fingerprint density at radius 3 is 2.14 bits per heavy atom. The van der Waals surface area contributed by atoms with Crippen LogP contribution in [0, 0.1) is 0 Å². The number of hydrogen-bond acceptors (Lipinski definition) is 3. The molecular weight excluding hydrogens is 226 g/mol. The highest BCUT2D eigenvalue weighted by Gasteiger charge is 2.25. The highest BCUT2D eigenvalue weighted by atomic mass is 35.7. The van der Waals surface area contributed by atoms with Crippen LogP contribution in [0.15, 0.2) is 0 Å². The van der Waals surface area contributed by atoms with Crippen molar-refractivity contribution in [2.45, 2.75) is 32.7 Å². The lowest BCUT2D eigenvalue weighted by molar-refractivity contribution is 0.164. The molecule has 0 aliphatic rings. The van der Waals surface area contributed by atoms with Crippen LogP contribution < -0.4 is 0 Å². The predicted octanol–water partition coefficient (Wildman–Crippen LogP) is 1.61. The van der Waals surface area contributed by atoms with Gasteiger partial charge in [-0.05, 0) is 12.8 Å². The monoisotopic (exact) mass is 243 g/mol. The molecule has 0 aromatic carbocycles. The summed E-state index contributed by atoms with van der Waals surface area (Å²) in [5.41, 5.74) is 0. The summed E-state index contributed by atoms with van der Waals surface area (Å²) in [5.74, 6) is 0. The van der Waals surface area contributed by atoms with Crippen LogP contribution in [-0.2, 0) is 14.0 Å². The lowest BCUT2D eigenvalue weighted by atomic mass is 10.2. The number of rotatable bonds is 7. The maximum absolute atomic E-state index is 11.2. The standard InChI is InChI=1S/C8H18ClNO3S/c1-4-8(5-2)10(6-7-13-3)14(9,11)12/h8H,4-7H2,1-3H3. The van der Waals surface area contributed by atoms with Gasteiger partial charge in [0.05, 0.1) is 6.61 Å². The van der Waals surface area contributed by atoms with Gasteiger partial charge in [-0.1, -0.05) is 13.8 Å². The van der Waals surface area contributed by atoms with Gasteiger partial charge in [-0.25, -0.2) is 0 Å². The van der Waals surface area contributed by atoms with Crippen LogP contribution >= 0.6 is 10.7 Å². The molecule has 0 amide bonds. The van der Waals surface area contributed by atoms with Gasteiger partial charge in [-0.15, -0.1) is 0 Å². The molecule has 0 saturated heterocycles. The molecule has 0 unspecified atom stereocenters. The second kappa shape index (κ2) is 6.61. The summed E-state index contributed by atoms with van der Waals surface area (Å²) >= 11 is 0. The van der Waals surface area contributed by atoms with Crippen LogP contribution in [0.4, 0.5) is 0 Å². The Bertz CT molecular complexity index is 239. The Morgan fingerprint density at radius 2 is 1.86 bits per heavy atom. The Balaban J connectivity index is 4.54. The molecule has 0 aromatic heterocycles. The largest absolute Gasteiger partial charge is 0.383 e. The van der Waals surface area contributed by atoms with E-state index < -0.39 is 9.24 Å². The van der Waals surface area contributed by atoms with Crippen LogP contribution in [0.2, 0.25) is 0 Å². The van der Waals surface area contributed by atoms with E-state index in [9.17, 15) is 8.42 Å². The predicted molar refractivity (Wildman–Crippen MR) is 57.7 cm³/mol. The van der Waals surface area contributed by atoms with E-state index in [1.807, 2.05) is 13.8 Å². The third-order valence-electron chi connectivity index (χ3n) is 2.15. The summed E-state index contributed by atoms with van der Waals surface area (Å²) in [6.45, 7) is 4.56. The van der Waals surface area contributed by atoms with Crippen molar-refractivity contribution in [3.05, 3.63) is 0 Å². The Kier molecular flexibility index (Phi) is 6.68. The lowest BCUT2D eigenvalue weighted by Crippen LogP contribution is -2.39. The van der Waals surface area contributed by atoms with Crippen molar-refractivity contribution in [3.8, 4) is 0 Å². The molecule has 0 heterocycles. The molecular formula is C8H18ClNO3S. The lowest BCUT2D eigenvalue weighted by Gasteiger charge is -2.26. The molecule has 86 valence electrons. The van der Waals surface area contributed by atoms with Crippen molar-refractivity contribution >= 4 is 19.9 Å². The van der Waals surface area contributed by atoms with Crippen molar-refractivity contribution in [2.75, 3.05) is 20.3 Å². The normalized spacial score (nSPS) is 12.7. The molecule has 0 bridgehead atoms. The average molecular weight is 244 g/mol. The summed E-state index contributed by atoms with van der Waals surface area (Å²) in [4.78, 5) is 0. The molecule has 0 spiro atoms. The highest BCUT2D eigenvalue weighted by molar-refractivity contribution is 8.11. The second-order valence-corrected chi connectivity index (χ2v) is 5.48. The van der Waals surface area contributed by atoms with Gasteiger partial charge in [0, 0.05) is 30.4 Å². The first-order valence-electron chi connectivity index (χ1n) is 4.67. The molecule has 0 aliphatic heterocycles. The molecule has 0 aromatic rings. The first-order chi connectivity index (χ1) is 6.47. The van der Waals surface area contributed by atoms with Gasteiger partial charge in [0.25, 0.3) is 9.24 Å². The van der Waals surface area contributed by atoms with Crippen molar-refractivity contribution in [1.82, 2.24) is 4.31 Å². The zero-order valence-electron chi connectivity index (χ0n) is 8.86. The minimum absolute atomic E-state index is 0.0346. The van der Waals surface area contributed by atoms with E-state index >= 15 is 0 Å². The van der Waals surface area contributed by atoms with Crippen molar-refractivity contribution < 1.29 is 13.2 Å². The van der Waals surface area contributed by atoms with Crippen molar-refractivity contribution in [1.29, 1.82) is 0 Å². The van der Waals surface area contributed by atoms with Crippen molar-refractivity contribution in [3.63, 3.8) is 0 Å². The fourth-order valence-corrected chi connectivity index (χ4v) is 2.84. The van der Waals surface area contributed by atoms with Gasteiger partial charge in [-0.3, -0.25) is 0 Å². The van der Waals surface area contributed by atoms with Gasteiger partial charge in [-0.2, -0.15) is 12.7 Å². The fourth-order valence-electron chi connectivity index (χ4n) is 1.35. The first kappa shape index (κ1) is 14.2. The quantitative estimate of drug-likeness (QED) is 0.639. The first-order valence-corrected chi connectivity index (χ1v) is 6.94. The third-order valence-corrected chi connectivity index (χ3v) is 3.72. The Hall–Kier alpha value is 0.160. The highest BCUT2D eigenvalue weighted by Crippen LogP contribution is 2.16. The van der Waals surface area contributed by atoms with Crippen LogP contribution in [-0.4, -0.2) is 39.0 Å².